The molecule has 2 saturated heterocycles. The number of hydrogen-bond donors (Lipinski definition) is 2. The van der Waals surface area contributed by atoms with Gasteiger partial charge in [-0.25, -0.2) is 0 Å². The molecule has 3 unspecified atom stereocenters. The number of aliphatic hydroxyl groups excluding tert-OH is 1. The van der Waals surface area contributed by atoms with Gasteiger partial charge in [-0.15, -0.1) is 0 Å². The zero-order chi connectivity index (χ0) is 14.0. The van der Waals surface area contributed by atoms with Crippen LogP contribution >= 0.6 is 0 Å². The predicted octanol–water partition coefficient (Wildman–Crippen LogP) is -0.104. The zero-order valence-corrected chi connectivity index (χ0v) is 12.7. The highest BCUT2D eigenvalue weighted by atomic mass is 16.5. The van der Waals surface area contributed by atoms with E-state index in [-0.39, 0.29) is 12.1 Å². The first-order valence-corrected chi connectivity index (χ1v) is 8.12. The van der Waals surface area contributed by atoms with Crippen LogP contribution in [0.25, 0.3) is 0 Å². The number of nitrogens with one attached hydrogen (secondary N) is 1. The Morgan fingerprint density at radius 3 is 2.60 bits per heavy atom. The fourth-order valence-corrected chi connectivity index (χ4v) is 4.20. The molecule has 3 rings (SSSR count). The van der Waals surface area contributed by atoms with Crippen molar-refractivity contribution in [3.05, 3.63) is 0 Å². The Balaban J connectivity index is 1.52. The predicted molar refractivity (Wildman–Crippen MR) is 78.9 cm³/mol. The Bertz CT molecular complexity index is 316. The first kappa shape index (κ1) is 14.7. The smallest absolute Gasteiger partial charge is 0.0613 e. The van der Waals surface area contributed by atoms with E-state index in [1.54, 1.807) is 0 Å². The van der Waals surface area contributed by atoms with Crippen molar-refractivity contribution >= 4 is 0 Å². The second-order valence-corrected chi connectivity index (χ2v) is 6.67. The highest BCUT2D eigenvalue weighted by molar-refractivity contribution is 5.00. The minimum Gasteiger partial charge on any atom is -0.394 e. The third-order valence-electron chi connectivity index (χ3n) is 5.69. The van der Waals surface area contributed by atoms with E-state index in [4.69, 9.17) is 4.74 Å². The molecular weight excluding hydrogens is 254 g/mol. The number of likely N-dealkylation sites (N-methyl/N-ethyl adjacent to an activating group) is 1. The Morgan fingerprint density at radius 1 is 1.15 bits per heavy atom. The normalized spacial score (nSPS) is 40.5. The Kier molecular flexibility index (Phi) is 4.62. The van der Waals surface area contributed by atoms with Crippen LogP contribution < -0.4 is 5.32 Å². The van der Waals surface area contributed by atoms with Crippen LogP contribution in [0.5, 0.6) is 0 Å². The van der Waals surface area contributed by atoms with Crippen LogP contribution in [-0.2, 0) is 4.74 Å². The quantitative estimate of drug-likeness (QED) is 0.754. The third kappa shape index (κ3) is 2.88. The van der Waals surface area contributed by atoms with Crippen LogP contribution in [0.3, 0.4) is 0 Å². The van der Waals surface area contributed by atoms with Gasteiger partial charge < -0.3 is 15.2 Å². The van der Waals surface area contributed by atoms with Crippen molar-refractivity contribution in [2.75, 3.05) is 53.0 Å². The Labute approximate surface area is 122 Å². The fraction of sp³-hybridized carbons (Fsp3) is 1.00. The van der Waals surface area contributed by atoms with Crippen LogP contribution in [0.1, 0.15) is 25.7 Å². The number of ether oxygens (including phenoxy) is 1. The molecule has 0 aromatic heterocycles. The van der Waals surface area contributed by atoms with E-state index >= 15 is 0 Å². The van der Waals surface area contributed by atoms with Gasteiger partial charge in [0.25, 0.3) is 0 Å². The van der Waals surface area contributed by atoms with Crippen molar-refractivity contribution in [2.45, 2.75) is 43.3 Å². The molecule has 0 bridgehead atoms. The first-order chi connectivity index (χ1) is 9.76. The summed E-state index contributed by atoms with van der Waals surface area (Å²) in [5, 5.41) is 13.0. The Morgan fingerprint density at radius 2 is 1.95 bits per heavy atom. The number of likely N-dealkylation sites (tertiary alicyclic amines) is 1. The van der Waals surface area contributed by atoms with E-state index in [9.17, 15) is 5.11 Å². The molecule has 2 N–H and O–H groups in total. The van der Waals surface area contributed by atoms with Crippen LogP contribution in [0.4, 0.5) is 0 Å². The zero-order valence-electron chi connectivity index (χ0n) is 12.7. The maximum Gasteiger partial charge on any atom is 0.0613 e. The van der Waals surface area contributed by atoms with Crippen molar-refractivity contribution in [3.8, 4) is 0 Å². The highest BCUT2D eigenvalue weighted by Gasteiger charge is 2.42. The lowest BCUT2D eigenvalue weighted by atomic mass is 9.99. The van der Waals surface area contributed by atoms with Crippen LogP contribution in [0, 0.1) is 0 Å². The largest absolute Gasteiger partial charge is 0.394 e. The van der Waals surface area contributed by atoms with Crippen LogP contribution in [0.2, 0.25) is 0 Å². The minimum absolute atomic E-state index is 0.0261. The molecule has 3 atom stereocenters. The van der Waals surface area contributed by atoms with Crippen molar-refractivity contribution < 1.29 is 9.84 Å². The van der Waals surface area contributed by atoms with Gasteiger partial charge in [-0.05, 0) is 32.7 Å². The van der Waals surface area contributed by atoms with Gasteiger partial charge in [-0.3, -0.25) is 9.80 Å². The molecule has 5 nitrogen and oxygen atoms in total. The maximum absolute atomic E-state index is 9.63. The van der Waals surface area contributed by atoms with E-state index in [1.165, 1.54) is 25.9 Å². The van der Waals surface area contributed by atoms with Crippen molar-refractivity contribution in [2.24, 2.45) is 0 Å². The van der Waals surface area contributed by atoms with Gasteiger partial charge >= 0.3 is 0 Å². The summed E-state index contributed by atoms with van der Waals surface area (Å²) in [7, 11) is 1.99. The second kappa shape index (κ2) is 6.28. The minimum atomic E-state index is -0.0261. The summed E-state index contributed by atoms with van der Waals surface area (Å²) in [6.45, 7) is 6.68. The molecule has 1 saturated carbocycles. The molecule has 2 aliphatic heterocycles. The average Bonchev–Trinajstić information content (AvgIpc) is 3.15. The third-order valence-corrected chi connectivity index (χ3v) is 5.69. The molecule has 3 fully saturated rings. The van der Waals surface area contributed by atoms with Gasteiger partial charge in [0.15, 0.2) is 0 Å². The lowest BCUT2D eigenvalue weighted by Gasteiger charge is -2.33. The topological polar surface area (TPSA) is 48.0 Å². The molecule has 0 aromatic carbocycles. The molecule has 0 spiro atoms. The van der Waals surface area contributed by atoms with Gasteiger partial charge in [-0.2, -0.15) is 0 Å². The summed E-state index contributed by atoms with van der Waals surface area (Å²) < 4.78 is 5.45. The molecular formula is C15H29N3O2. The number of nitrogens with zero attached hydrogens (tertiary/aromatic N) is 2. The van der Waals surface area contributed by atoms with Gasteiger partial charge in [0.2, 0.25) is 0 Å². The summed E-state index contributed by atoms with van der Waals surface area (Å²) in [6.07, 6.45) is 4.71. The number of aliphatic hydroxyl groups is 1. The van der Waals surface area contributed by atoms with Crippen molar-refractivity contribution in [3.63, 3.8) is 0 Å². The number of rotatable bonds is 4. The lowest BCUT2D eigenvalue weighted by molar-refractivity contribution is 0.0175. The van der Waals surface area contributed by atoms with Crippen molar-refractivity contribution in [1.29, 1.82) is 0 Å². The standard InChI is InChI=1S/C15H29N3O2/c1-16-15(12-19)4-2-13(10-15)18-5-3-14(11-18)17-6-8-20-9-7-17/h13-14,16,19H,2-12H2,1H3. The SMILES string of the molecule is CNC1(CO)CCC(N2CCC(N3CCOCC3)C2)C1. The van der Waals surface area contributed by atoms with Gasteiger partial charge in [0, 0.05) is 43.8 Å². The van der Waals surface area contributed by atoms with E-state index in [1.807, 2.05) is 7.05 Å². The van der Waals surface area contributed by atoms with E-state index in [2.05, 4.69) is 15.1 Å². The summed E-state index contributed by atoms with van der Waals surface area (Å²) in [5.41, 5.74) is -0.0261. The summed E-state index contributed by atoms with van der Waals surface area (Å²) in [4.78, 5) is 5.27. The second-order valence-electron chi connectivity index (χ2n) is 6.67. The molecule has 0 aromatic rings. The van der Waals surface area contributed by atoms with Crippen LogP contribution in [-0.4, -0.2) is 85.6 Å². The van der Waals surface area contributed by atoms with Gasteiger partial charge in [-0.1, -0.05) is 0 Å². The first-order valence-electron chi connectivity index (χ1n) is 8.12. The number of hydrogen-bond acceptors (Lipinski definition) is 5. The van der Waals surface area contributed by atoms with Gasteiger partial charge in [0.05, 0.1) is 19.8 Å². The van der Waals surface area contributed by atoms with Crippen LogP contribution in [0.15, 0.2) is 0 Å². The molecule has 5 heteroatoms. The molecule has 116 valence electrons. The molecule has 3 aliphatic rings. The lowest BCUT2D eigenvalue weighted by Crippen LogP contribution is -2.47. The molecule has 2 heterocycles. The number of morpholine rings is 1. The maximum atomic E-state index is 9.63. The molecule has 20 heavy (non-hydrogen) atoms. The highest BCUT2D eigenvalue weighted by Crippen LogP contribution is 2.34. The summed E-state index contributed by atoms with van der Waals surface area (Å²) >= 11 is 0. The summed E-state index contributed by atoms with van der Waals surface area (Å²) in [6, 6.07) is 1.37. The molecule has 1 aliphatic carbocycles. The average molecular weight is 283 g/mol. The van der Waals surface area contributed by atoms with E-state index in [0.717, 1.165) is 45.2 Å². The monoisotopic (exact) mass is 283 g/mol. The molecule has 0 amide bonds. The van der Waals surface area contributed by atoms with E-state index < -0.39 is 0 Å². The van der Waals surface area contributed by atoms with Crippen molar-refractivity contribution in [1.82, 2.24) is 15.1 Å². The summed E-state index contributed by atoms with van der Waals surface area (Å²) in [5.74, 6) is 0. The Hall–Kier alpha value is -0.200. The molecule has 0 radical (unpaired) electrons. The van der Waals surface area contributed by atoms with E-state index in [0.29, 0.717) is 6.04 Å². The fourth-order valence-electron chi connectivity index (χ4n) is 4.20. The van der Waals surface area contributed by atoms with Gasteiger partial charge in [0.1, 0.15) is 0 Å².